The van der Waals surface area contributed by atoms with E-state index in [-0.39, 0.29) is 58.9 Å². The average Bonchev–Trinajstić information content (AvgIpc) is 2.91. The van der Waals surface area contributed by atoms with Crippen molar-refractivity contribution < 1.29 is 58.9 Å². The van der Waals surface area contributed by atoms with E-state index < -0.39 is 8.07 Å². The molecule has 4 aromatic rings. The van der Waals surface area contributed by atoms with E-state index in [1.807, 2.05) is 0 Å². The molecule has 0 bridgehead atoms. The summed E-state index contributed by atoms with van der Waals surface area (Å²) in [7, 11) is -2.59. The smallest absolute Gasteiger partial charge is 1.00 e. The van der Waals surface area contributed by atoms with E-state index in [1.54, 1.807) is 5.19 Å². The van der Waals surface area contributed by atoms with Crippen molar-refractivity contribution in [2.45, 2.75) is 69.2 Å². The Bertz CT molecular complexity index is 1210. The van der Waals surface area contributed by atoms with Crippen LogP contribution >= 0.6 is 0 Å². The molecule has 200 valence electrons. The molecular weight excluding hydrogens is 579 g/mol. The second-order valence-corrected chi connectivity index (χ2v) is 14.5. The van der Waals surface area contributed by atoms with E-state index in [9.17, 15) is 0 Å². The Labute approximate surface area is 265 Å². The molecular formula is C33H39Cl3SiTi. The van der Waals surface area contributed by atoms with Gasteiger partial charge in [0.15, 0.2) is 0 Å². The molecule has 0 aliphatic rings. The Morgan fingerprint density at radius 3 is 0.816 bits per heavy atom. The molecule has 0 unspecified atom stereocenters. The van der Waals surface area contributed by atoms with E-state index >= 15 is 0 Å². The molecule has 4 rings (SSSR count). The van der Waals surface area contributed by atoms with Crippen LogP contribution in [0.15, 0.2) is 54.6 Å². The van der Waals surface area contributed by atoms with E-state index in [1.165, 1.54) is 71.2 Å². The maximum Gasteiger partial charge on any atom is 4.00 e. The molecule has 38 heavy (non-hydrogen) atoms. The van der Waals surface area contributed by atoms with E-state index in [0.29, 0.717) is 0 Å². The maximum atomic E-state index is 2.48. The molecule has 0 radical (unpaired) electrons. The summed E-state index contributed by atoms with van der Waals surface area (Å²) < 4.78 is 0. The first-order valence-electron chi connectivity index (χ1n) is 12.4. The van der Waals surface area contributed by atoms with Gasteiger partial charge in [-0.2, -0.15) is 22.3 Å². The fourth-order valence-corrected chi connectivity index (χ4v) is 12.3. The molecule has 0 amide bonds. The summed E-state index contributed by atoms with van der Waals surface area (Å²) in [6.07, 6.45) is 0. The van der Waals surface area contributed by atoms with Gasteiger partial charge in [0, 0.05) is 0 Å². The molecule has 0 nitrogen and oxygen atoms in total. The van der Waals surface area contributed by atoms with Crippen LogP contribution in [0.3, 0.4) is 0 Å². The first-order chi connectivity index (χ1) is 15.9. The van der Waals surface area contributed by atoms with Gasteiger partial charge < -0.3 is 37.2 Å². The van der Waals surface area contributed by atoms with Crippen LogP contribution in [0.1, 0.15) is 55.6 Å². The van der Waals surface area contributed by atoms with Crippen LogP contribution in [0, 0.1) is 69.2 Å². The third-order valence-electron chi connectivity index (χ3n) is 7.78. The molecule has 0 N–H and O–H groups in total. The van der Waals surface area contributed by atoms with Gasteiger partial charge in [0.25, 0.3) is 0 Å². The van der Waals surface area contributed by atoms with Crippen molar-refractivity contribution in [2.75, 3.05) is 0 Å². The molecule has 0 aromatic heterocycles. The number of benzene rings is 3. The minimum absolute atomic E-state index is 0. The second-order valence-electron chi connectivity index (χ2n) is 10.8. The monoisotopic (exact) mass is 616 g/mol. The standard InChI is InChI=1S/C33H39Si.3ClH.Ti/c1-20-11-21(2)15-30(14-20)34(31-16-22(3)12-23(4)17-31,32-18-24(5)13-25(6)19-32)33-28(9)26(7)27(8)29(33)10;;;;/h11-19H,1-10H3;3*1H;/q-1;;;;+4/p-3. The molecule has 4 aromatic carbocycles. The summed E-state index contributed by atoms with van der Waals surface area (Å²) in [4.78, 5) is 0. The van der Waals surface area contributed by atoms with Crippen molar-refractivity contribution in [3.8, 4) is 0 Å². The molecule has 0 saturated carbocycles. The second kappa shape index (κ2) is 13.9. The summed E-state index contributed by atoms with van der Waals surface area (Å²) in [6.45, 7) is 22.8. The topological polar surface area (TPSA) is 0 Å². The van der Waals surface area contributed by atoms with Gasteiger partial charge in [-0.05, 0) is 41.5 Å². The molecule has 0 aliphatic carbocycles. The van der Waals surface area contributed by atoms with Crippen molar-refractivity contribution >= 4 is 28.8 Å². The van der Waals surface area contributed by atoms with Gasteiger partial charge in [0.1, 0.15) is 8.07 Å². The third-order valence-corrected chi connectivity index (χ3v) is 12.7. The molecule has 0 aliphatic heterocycles. The number of aryl methyl sites for hydroxylation is 6. The van der Waals surface area contributed by atoms with Crippen LogP contribution < -0.4 is 58.0 Å². The molecule has 0 spiro atoms. The van der Waals surface area contributed by atoms with Gasteiger partial charge in [-0.15, -0.1) is 5.19 Å². The average molecular weight is 618 g/mol. The zero-order valence-corrected chi connectivity index (χ0v) is 29.2. The number of hydrogen-bond donors (Lipinski definition) is 0. The fraction of sp³-hybridized carbons (Fsp3) is 0.303. The number of hydrogen-bond acceptors (Lipinski definition) is 0. The van der Waals surface area contributed by atoms with Gasteiger partial charge in [-0.3, -0.25) is 0 Å². The summed E-state index contributed by atoms with van der Waals surface area (Å²) in [5.74, 6) is 0. The van der Waals surface area contributed by atoms with Crippen LogP contribution in [0.2, 0.25) is 0 Å². The molecule has 0 fully saturated rings. The minimum Gasteiger partial charge on any atom is -1.00 e. The van der Waals surface area contributed by atoms with E-state index in [2.05, 4.69) is 124 Å². The molecule has 0 heterocycles. The van der Waals surface area contributed by atoms with Crippen molar-refractivity contribution in [3.63, 3.8) is 0 Å². The fourth-order valence-electron chi connectivity index (χ4n) is 6.29. The van der Waals surface area contributed by atoms with Gasteiger partial charge in [-0.1, -0.05) is 131 Å². The Morgan fingerprint density at radius 2 is 0.605 bits per heavy atom. The van der Waals surface area contributed by atoms with Crippen molar-refractivity contribution in [2.24, 2.45) is 0 Å². The van der Waals surface area contributed by atoms with Gasteiger partial charge in [0.2, 0.25) is 0 Å². The predicted octanol–water partition coefficient (Wildman–Crippen LogP) is -3.12. The summed E-state index contributed by atoms with van der Waals surface area (Å²) in [5.41, 5.74) is 13.9. The maximum absolute atomic E-state index is 2.59. The van der Waals surface area contributed by atoms with Crippen LogP contribution in [-0.4, -0.2) is 8.07 Å². The van der Waals surface area contributed by atoms with Crippen molar-refractivity contribution in [1.29, 1.82) is 0 Å². The zero-order valence-electron chi connectivity index (χ0n) is 24.3. The molecule has 5 heteroatoms. The van der Waals surface area contributed by atoms with Crippen molar-refractivity contribution in [1.82, 2.24) is 0 Å². The predicted molar refractivity (Wildman–Crippen MR) is 153 cm³/mol. The van der Waals surface area contributed by atoms with Crippen LogP contribution in [0.5, 0.6) is 0 Å². The van der Waals surface area contributed by atoms with Gasteiger partial charge in [-0.25, -0.2) is 0 Å². The van der Waals surface area contributed by atoms with E-state index in [0.717, 1.165) is 0 Å². The molecule has 0 atom stereocenters. The Kier molecular flexibility index (Phi) is 13.5. The van der Waals surface area contributed by atoms with E-state index in [4.69, 9.17) is 0 Å². The zero-order chi connectivity index (χ0) is 24.9. The van der Waals surface area contributed by atoms with Gasteiger partial charge in [0.05, 0.1) is 0 Å². The Morgan fingerprint density at radius 1 is 0.395 bits per heavy atom. The summed E-state index contributed by atoms with van der Waals surface area (Å²) in [6, 6.07) is 21.8. The van der Waals surface area contributed by atoms with Gasteiger partial charge >= 0.3 is 21.7 Å². The first kappa shape index (κ1) is 36.8. The van der Waals surface area contributed by atoms with Crippen LogP contribution in [-0.2, 0) is 21.7 Å². The summed E-state index contributed by atoms with van der Waals surface area (Å²) in [5, 5.41) is 6.08. The van der Waals surface area contributed by atoms with Crippen LogP contribution in [0.4, 0.5) is 0 Å². The molecule has 0 saturated heterocycles. The minimum atomic E-state index is -2.59. The number of rotatable bonds is 4. The quantitative estimate of drug-likeness (QED) is 0.129. The number of halogens is 3. The Hall–Kier alpha value is -1.19. The van der Waals surface area contributed by atoms with Crippen molar-refractivity contribution in [3.05, 3.63) is 110 Å². The first-order valence-corrected chi connectivity index (χ1v) is 14.4. The SMILES string of the molecule is Cc1cc(C)cc([Si](c2cc(C)cc(C)c2)(c2cc(C)cc(C)c2)[c-]2c(C)c(C)c(C)c2C)c1.[Cl-].[Cl-].[Cl-].[Ti+4]. The van der Waals surface area contributed by atoms with Crippen LogP contribution in [0.25, 0.3) is 0 Å². The summed E-state index contributed by atoms with van der Waals surface area (Å²) >= 11 is 0. The largest absolute Gasteiger partial charge is 4.00 e. The third kappa shape index (κ3) is 6.41. The Balaban J connectivity index is 0.00000342. The normalized spacial score (nSPS) is 10.6.